The molecule has 0 aliphatic carbocycles. The number of ether oxygens (including phenoxy) is 1. The van der Waals surface area contributed by atoms with Gasteiger partial charge in [-0.2, -0.15) is 0 Å². The van der Waals surface area contributed by atoms with E-state index in [1.165, 1.54) is 6.07 Å². The predicted octanol–water partition coefficient (Wildman–Crippen LogP) is 5.40. The van der Waals surface area contributed by atoms with E-state index in [9.17, 15) is 10.1 Å². The fraction of sp³-hybridized carbons (Fsp3) is 0.200. The van der Waals surface area contributed by atoms with Crippen molar-refractivity contribution in [2.45, 2.75) is 19.7 Å². The quantitative estimate of drug-likeness (QED) is 0.430. The lowest BCUT2D eigenvalue weighted by molar-refractivity contribution is -0.385. The normalized spacial score (nSPS) is 10.5. The van der Waals surface area contributed by atoms with Crippen LogP contribution < -0.4 is 4.74 Å². The Labute approximate surface area is 132 Å². The Morgan fingerprint density at radius 3 is 2.33 bits per heavy atom. The van der Waals surface area contributed by atoms with E-state index < -0.39 is 4.92 Å². The number of nitro benzene ring substituents is 1. The second-order valence-electron chi connectivity index (χ2n) is 4.65. The number of benzene rings is 2. The molecule has 2 aromatic rings. The maximum Gasteiger partial charge on any atom is 0.274 e. The van der Waals surface area contributed by atoms with E-state index in [4.69, 9.17) is 27.9 Å². The highest BCUT2D eigenvalue weighted by Crippen LogP contribution is 2.33. The molecule has 0 atom stereocenters. The second-order valence-corrected chi connectivity index (χ2v) is 5.36. The summed E-state index contributed by atoms with van der Waals surface area (Å²) in [5, 5.41) is 11.5. The SMILES string of the molecule is Cc1cc(Cl)cc(C)c1Oc1ccc([N+](=O)[O-])c(CCl)c1. The number of aryl methyl sites for hydroxylation is 2. The second kappa shape index (κ2) is 6.33. The summed E-state index contributed by atoms with van der Waals surface area (Å²) >= 11 is 11.7. The highest BCUT2D eigenvalue weighted by atomic mass is 35.5. The molecular formula is C15H13Cl2NO3. The first-order chi connectivity index (χ1) is 9.92. The van der Waals surface area contributed by atoms with Crippen molar-refractivity contribution in [1.82, 2.24) is 0 Å². The van der Waals surface area contributed by atoms with Gasteiger partial charge in [-0.05, 0) is 49.2 Å². The Bertz CT molecular complexity index is 678. The van der Waals surface area contributed by atoms with E-state index in [1.807, 2.05) is 13.8 Å². The molecule has 0 saturated heterocycles. The third kappa shape index (κ3) is 3.46. The highest BCUT2D eigenvalue weighted by Gasteiger charge is 2.15. The summed E-state index contributed by atoms with van der Waals surface area (Å²) < 4.78 is 5.83. The molecule has 0 aliphatic heterocycles. The molecule has 0 bridgehead atoms. The van der Waals surface area contributed by atoms with Gasteiger partial charge in [-0.25, -0.2) is 0 Å². The van der Waals surface area contributed by atoms with Crippen molar-refractivity contribution in [3.63, 3.8) is 0 Å². The summed E-state index contributed by atoms with van der Waals surface area (Å²) in [5.74, 6) is 1.24. The fourth-order valence-corrected chi connectivity index (χ4v) is 2.63. The molecule has 0 saturated carbocycles. The maximum atomic E-state index is 10.9. The molecule has 0 aliphatic rings. The number of halogens is 2. The van der Waals surface area contributed by atoms with Crippen LogP contribution in [0.25, 0.3) is 0 Å². The van der Waals surface area contributed by atoms with Crippen molar-refractivity contribution in [2.24, 2.45) is 0 Å². The van der Waals surface area contributed by atoms with E-state index >= 15 is 0 Å². The first kappa shape index (κ1) is 15.6. The number of rotatable bonds is 4. The first-order valence-electron chi connectivity index (χ1n) is 6.20. The summed E-state index contributed by atoms with van der Waals surface area (Å²) in [7, 11) is 0. The van der Waals surface area contributed by atoms with Crippen LogP contribution in [0.1, 0.15) is 16.7 Å². The number of hydrogen-bond donors (Lipinski definition) is 0. The molecule has 0 N–H and O–H groups in total. The molecule has 2 aromatic carbocycles. The van der Waals surface area contributed by atoms with E-state index in [2.05, 4.69) is 0 Å². The van der Waals surface area contributed by atoms with Gasteiger partial charge in [0.2, 0.25) is 0 Å². The largest absolute Gasteiger partial charge is 0.457 e. The van der Waals surface area contributed by atoms with Crippen LogP contribution in [0, 0.1) is 24.0 Å². The van der Waals surface area contributed by atoms with Gasteiger partial charge < -0.3 is 4.74 Å². The summed E-state index contributed by atoms with van der Waals surface area (Å²) in [6.45, 7) is 3.78. The van der Waals surface area contributed by atoms with Crippen molar-refractivity contribution >= 4 is 28.9 Å². The van der Waals surface area contributed by atoms with Gasteiger partial charge in [0.1, 0.15) is 11.5 Å². The Morgan fingerprint density at radius 2 is 1.81 bits per heavy atom. The van der Waals surface area contributed by atoms with Gasteiger partial charge in [-0.3, -0.25) is 10.1 Å². The molecular weight excluding hydrogens is 313 g/mol. The van der Waals surface area contributed by atoms with Gasteiger partial charge in [0, 0.05) is 16.7 Å². The lowest BCUT2D eigenvalue weighted by Gasteiger charge is -2.13. The van der Waals surface area contributed by atoms with Crippen LogP contribution in [0.5, 0.6) is 11.5 Å². The molecule has 4 nitrogen and oxygen atoms in total. The Balaban J connectivity index is 2.39. The van der Waals surface area contributed by atoms with E-state index in [0.29, 0.717) is 22.1 Å². The molecule has 0 spiro atoms. The van der Waals surface area contributed by atoms with Crippen LogP contribution in [0.2, 0.25) is 5.02 Å². The molecule has 0 heterocycles. The van der Waals surface area contributed by atoms with E-state index in [0.717, 1.165) is 11.1 Å². The minimum absolute atomic E-state index is 0.0121. The Morgan fingerprint density at radius 1 is 1.19 bits per heavy atom. The topological polar surface area (TPSA) is 52.4 Å². The standard InChI is InChI=1S/C15H13Cl2NO3/c1-9-5-12(17)6-10(2)15(9)21-13-3-4-14(18(19)20)11(7-13)8-16/h3-7H,8H2,1-2H3. The van der Waals surface area contributed by atoms with Crippen LogP contribution in [0.15, 0.2) is 30.3 Å². The van der Waals surface area contributed by atoms with Crippen LogP contribution in [-0.2, 0) is 5.88 Å². The molecule has 2 rings (SSSR count). The summed E-state index contributed by atoms with van der Waals surface area (Å²) in [6.07, 6.45) is 0. The zero-order chi connectivity index (χ0) is 15.6. The molecule has 0 aromatic heterocycles. The van der Waals surface area contributed by atoms with Gasteiger partial charge in [0.05, 0.1) is 10.8 Å². The predicted molar refractivity (Wildman–Crippen MR) is 83.7 cm³/mol. The number of hydrogen-bond acceptors (Lipinski definition) is 3. The van der Waals surface area contributed by atoms with Crippen molar-refractivity contribution in [1.29, 1.82) is 0 Å². The van der Waals surface area contributed by atoms with Crippen molar-refractivity contribution < 1.29 is 9.66 Å². The summed E-state index contributed by atoms with van der Waals surface area (Å²) in [4.78, 5) is 10.4. The zero-order valence-electron chi connectivity index (χ0n) is 11.5. The van der Waals surface area contributed by atoms with Gasteiger partial charge in [-0.15, -0.1) is 11.6 Å². The van der Waals surface area contributed by atoms with Gasteiger partial charge in [0.15, 0.2) is 0 Å². The average Bonchev–Trinajstić information content (AvgIpc) is 2.42. The number of nitro groups is 1. The molecule has 0 amide bonds. The molecule has 21 heavy (non-hydrogen) atoms. The third-order valence-electron chi connectivity index (χ3n) is 3.04. The van der Waals surface area contributed by atoms with Crippen LogP contribution >= 0.6 is 23.2 Å². The molecule has 0 unspecified atom stereocenters. The highest BCUT2D eigenvalue weighted by molar-refractivity contribution is 6.30. The summed E-state index contributed by atoms with van der Waals surface area (Å²) in [5.41, 5.74) is 2.20. The van der Waals surface area contributed by atoms with Gasteiger partial charge in [-0.1, -0.05) is 11.6 Å². The van der Waals surface area contributed by atoms with Crippen LogP contribution in [0.3, 0.4) is 0 Å². The number of nitrogens with zero attached hydrogens (tertiary/aromatic N) is 1. The van der Waals surface area contributed by atoms with Crippen LogP contribution in [-0.4, -0.2) is 4.92 Å². The van der Waals surface area contributed by atoms with Crippen molar-refractivity contribution in [3.8, 4) is 11.5 Å². The molecule has 0 radical (unpaired) electrons. The lowest BCUT2D eigenvalue weighted by Crippen LogP contribution is -1.96. The zero-order valence-corrected chi connectivity index (χ0v) is 13.0. The smallest absolute Gasteiger partial charge is 0.274 e. The first-order valence-corrected chi connectivity index (χ1v) is 7.11. The fourth-order valence-electron chi connectivity index (χ4n) is 2.09. The van der Waals surface area contributed by atoms with Crippen LogP contribution in [0.4, 0.5) is 5.69 Å². The minimum Gasteiger partial charge on any atom is -0.457 e. The average molecular weight is 326 g/mol. The maximum absolute atomic E-state index is 10.9. The van der Waals surface area contributed by atoms with Gasteiger partial charge >= 0.3 is 0 Å². The third-order valence-corrected chi connectivity index (χ3v) is 3.54. The Hall–Kier alpha value is -1.78. The lowest BCUT2D eigenvalue weighted by atomic mass is 10.1. The number of alkyl halides is 1. The molecule has 110 valence electrons. The molecule has 6 heteroatoms. The summed E-state index contributed by atoms with van der Waals surface area (Å²) in [6, 6.07) is 8.14. The Kier molecular flexibility index (Phi) is 4.70. The van der Waals surface area contributed by atoms with Gasteiger partial charge in [0.25, 0.3) is 5.69 Å². The molecule has 0 fully saturated rings. The monoisotopic (exact) mass is 325 g/mol. The van der Waals surface area contributed by atoms with Crippen molar-refractivity contribution in [3.05, 3.63) is 62.2 Å². The van der Waals surface area contributed by atoms with Crippen molar-refractivity contribution in [2.75, 3.05) is 0 Å². The van der Waals surface area contributed by atoms with E-state index in [-0.39, 0.29) is 11.6 Å². The van der Waals surface area contributed by atoms with E-state index in [1.54, 1.807) is 24.3 Å². The minimum atomic E-state index is -0.458.